The molecule has 0 N–H and O–H groups in total. The maximum Gasteiger partial charge on any atom is 0.300 e. The SMILES string of the molecule is CC1c2ccccc2CC[N+]1(C)[O-].C[N+]12CCc3ccccc3C1O2. The van der Waals surface area contributed by atoms with Crippen molar-refractivity contribution in [3.8, 4) is 0 Å². The molecule has 0 saturated carbocycles. The monoisotopic (exact) mass is 339 g/mol. The summed E-state index contributed by atoms with van der Waals surface area (Å²) in [5.74, 6) is 0. The maximum absolute atomic E-state index is 12.0. The molecular weight excluding hydrogens is 312 g/mol. The fourth-order valence-electron chi connectivity index (χ4n) is 4.07. The molecule has 132 valence electrons. The molecule has 0 bridgehead atoms. The third-order valence-corrected chi connectivity index (χ3v) is 6.09. The van der Waals surface area contributed by atoms with Gasteiger partial charge in [-0.15, -0.1) is 9.48 Å². The van der Waals surface area contributed by atoms with Gasteiger partial charge >= 0.3 is 0 Å². The van der Waals surface area contributed by atoms with Gasteiger partial charge in [0.2, 0.25) is 0 Å². The fourth-order valence-corrected chi connectivity index (χ4v) is 4.07. The predicted octanol–water partition coefficient (Wildman–Crippen LogP) is 3.88. The van der Waals surface area contributed by atoms with Crippen molar-refractivity contribution in [2.75, 3.05) is 27.2 Å². The lowest BCUT2D eigenvalue weighted by molar-refractivity contribution is -0.906. The molecule has 0 aliphatic carbocycles. The number of hydroxylamine groups is 6. The lowest BCUT2D eigenvalue weighted by Crippen LogP contribution is -2.44. The summed E-state index contributed by atoms with van der Waals surface area (Å²) in [5.41, 5.74) is 5.44. The molecule has 2 aromatic rings. The molecule has 3 aliphatic rings. The quantitative estimate of drug-likeness (QED) is 0.415. The summed E-state index contributed by atoms with van der Waals surface area (Å²) in [4.78, 5) is 5.63. The molecule has 25 heavy (non-hydrogen) atoms. The lowest BCUT2D eigenvalue weighted by Gasteiger charge is -2.47. The number of benzene rings is 2. The number of rotatable bonds is 0. The third kappa shape index (κ3) is 3.00. The van der Waals surface area contributed by atoms with Gasteiger partial charge in [0.05, 0.1) is 13.6 Å². The molecule has 1 saturated heterocycles. The first kappa shape index (κ1) is 16.7. The first-order valence-electron chi connectivity index (χ1n) is 9.16. The lowest BCUT2D eigenvalue weighted by atomic mass is 9.94. The van der Waals surface area contributed by atoms with Gasteiger partial charge in [0.25, 0.3) is 6.23 Å². The van der Waals surface area contributed by atoms with Crippen molar-refractivity contribution in [1.82, 2.24) is 0 Å². The highest BCUT2D eigenvalue weighted by atomic mass is 16.9. The van der Waals surface area contributed by atoms with E-state index in [2.05, 4.69) is 43.4 Å². The largest absolute Gasteiger partial charge is 0.633 e. The number of hydrogen-bond donors (Lipinski definition) is 0. The van der Waals surface area contributed by atoms with Crippen LogP contribution in [0, 0.1) is 5.21 Å². The van der Waals surface area contributed by atoms with E-state index < -0.39 is 0 Å². The Morgan fingerprint density at radius 2 is 1.44 bits per heavy atom. The molecule has 4 nitrogen and oxygen atoms in total. The van der Waals surface area contributed by atoms with Crippen molar-refractivity contribution >= 4 is 0 Å². The van der Waals surface area contributed by atoms with Gasteiger partial charge < -0.3 is 9.85 Å². The fraction of sp³-hybridized carbons (Fsp3) is 0.429. The molecule has 1 fully saturated rings. The van der Waals surface area contributed by atoms with E-state index in [9.17, 15) is 5.21 Å². The van der Waals surface area contributed by atoms with Crippen LogP contribution in [-0.2, 0) is 17.7 Å². The normalized spacial score (nSPS) is 34.7. The van der Waals surface area contributed by atoms with Crippen LogP contribution in [-0.4, -0.2) is 36.5 Å². The Hall–Kier alpha value is -1.72. The Labute approximate surface area is 150 Å². The van der Waals surface area contributed by atoms with E-state index in [4.69, 9.17) is 4.84 Å². The molecular formula is C21H27N2O2+. The van der Waals surface area contributed by atoms with Gasteiger partial charge in [-0.25, -0.2) is 0 Å². The van der Waals surface area contributed by atoms with Crippen LogP contribution in [0.25, 0.3) is 0 Å². The van der Waals surface area contributed by atoms with Crippen molar-refractivity contribution in [3.63, 3.8) is 0 Å². The summed E-state index contributed by atoms with van der Waals surface area (Å²) in [5, 5.41) is 12.0. The molecule has 0 amide bonds. The number of likely N-dealkylation sites (N-methyl/N-ethyl adjacent to an activating group) is 2. The van der Waals surface area contributed by atoms with Crippen molar-refractivity contribution in [1.29, 1.82) is 0 Å². The van der Waals surface area contributed by atoms with Crippen LogP contribution in [0.5, 0.6) is 0 Å². The molecule has 3 aliphatic heterocycles. The van der Waals surface area contributed by atoms with Crippen molar-refractivity contribution in [3.05, 3.63) is 76.0 Å². The molecule has 4 unspecified atom stereocenters. The Morgan fingerprint density at radius 1 is 0.880 bits per heavy atom. The van der Waals surface area contributed by atoms with E-state index >= 15 is 0 Å². The van der Waals surface area contributed by atoms with Crippen molar-refractivity contribution in [2.45, 2.75) is 32.0 Å². The highest BCUT2D eigenvalue weighted by Crippen LogP contribution is 2.49. The summed E-state index contributed by atoms with van der Waals surface area (Å²) in [6.07, 6.45) is 2.42. The summed E-state index contributed by atoms with van der Waals surface area (Å²) in [7, 11) is 3.92. The van der Waals surface area contributed by atoms with Gasteiger partial charge in [0, 0.05) is 24.0 Å². The second-order valence-corrected chi connectivity index (χ2v) is 7.83. The van der Waals surface area contributed by atoms with E-state index in [1.807, 2.05) is 19.1 Å². The molecule has 0 radical (unpaired) electrons. The Morgan fingerprint density at radius 3 is 2.16 bits per heavy atom. The van der Waals surface area contributed by atoms with Crippen LogP contribution in [0.3, 0.4) is 0 Å². The minimum absolute atomic E-state index is 0.0879. The number of nitrogens with zero attached hydrogens (tertiary/aromatic N) is 2. The molecule has 3 heterocycles. The Kier molecular flexibility index (Phi) is 3.96. The highest BCUT2D eigenvalue weighted by Gasteiger charge is 2.59. The molecule has 4 atom stereocenters. The smallest absolute Gasteiger partial charge is 0.300 e. The van der Waals surface area contributed by atoms with E-state index in [0.29, 0.717) is 12.8 Å². The van der Waals surface area contributed by atoms with Gasteiger partial charge in [-0.2, -0.15) is 0 Å². The van der Waals surface area contributed by atoms with Crippen molar-refractivity contribution in [2.24, 2.45) is 0 Å². The summed E-state index contributed by atoms with van der Waals surface area (Å²) >= 11 is 0. The van der Waals surface area contributed by atoms with Gasteiger partial charge in [-0.05, 0) is 24.1 Å². The van der Waals surface area contributed by atoms with E-state index in [-0.39, 0.29) is 10.7 Å². The average molecular weight is 339 g/mol. The zero-order valence-corrected chi connectivity index (χ0v) is 15.3. The highest BCUT2D eigenvalue weighted by molar-refractivity contribution is 5.31. The van der Waals surface area contributed by atoms with Crippen LogP contribution in [0.15, 0.2) is 48.5 Å². The van der Waals surface area contributed by atoms with E-state index in [1.54, 1.807) is 7.05 Å². The van der Waals surface area contributed by atoms with Crippen LogP contribution in [0.2, 0.25) is 0 Å². The summed E-state index contributed by atoms with van der Waals surface area (Å²) < 4.78 is 0.675. The Balaban J connectivity index is 0.000000126. The number of quaternary nitrogens is 2. The summed E-state index contributed by atoms with van der Waals surface area (Å²) in [6, 6.07) is 17.0. The second kappa shape index (κ2) is 5.92. The van der Waals surface area contributed by atoms with Crippen LogP contribution >= 0.6 is 0 Å². The standard InChI is InChI=1S/C11H15NO.C10H12NO/c1-9-11-6-4-3-5-10(11)7-8-12(9,2)13;1-11-7-6-8-4-2-3-5-9(8)10(11)12-11/h3-6,9H,7-8H2,1-2H3;2-5,10H,6-7H2,1H3/q;+1. The van der Waals surface area contributed by atoms with Gasteiger partial charge in [0.15, 0.2) is 0 Å². The maximum atomic E-state index is 12.0. The van der Waals surface area contributed by atoms with Crippen molar-refractivity contribution < 1.29 is 14.1 Å². The first-order valence-corrected chi connectivity index (χ1v) is 9.16. The van der Waals surface area contributed by atoms with Gasteiger partial charge in [-0.1, -0.05) is 42.5 Å². The zero-order chi connectivity index (χ0) is 17.7. The predicted molar refractivity (Wildman–Crippen MR) is 98.0 cm³/mol. The van der Waals surface area contributed by atoms with Gasteiger partial charge in [-0.3, -0.25) is 0 Å². The minimum Gasteiger partial charge on any atom is -0.633 e. The molecule has 2 aromatic carbocycles. The number of fused-ring (bicyclic) bond motifs is 4. The van der Waals surface area contributed by atoms with Crippen LogP contribution in [0.4, 0.5) is 0 Å². The summed E-state index contributed by atoms with van der Waals surface area (Å²) in [6.45, 7) is 3.85. The minimum atomic E-state index is -0.128. The van der Waals surface area contributed by atoms with Crippen LogP contribution < -0.4 is 0 Å². The molecule has 0 aromatic heterocycles. The number of hydrogen-bond acceptors (Lipinski definition) is 2. The average Bonchev–Trinajstić information content (AvgIpc) is 3.32. The molecule has 5 rings (SSSR count). The first-order chi connectivity index (χ1) is 11.9. The third-order valence-electron chi connectivity index (χ3n) is 6.09. The van der Waals surface area contributed by atoms with E-state index in [0.717, 1.165) is 24.0 Å². The van der Waals surface area contributed by atoms with Crippen LogP contribution in [0.1, 0.15) is 41.4 Å². The molecule has 4 heteroatoms. The topological polar surface area (TPSA) is 35.6 Å². The second-order valence-electron chi connectivity index (χ2n) is 7.83. The zero-order valence-electron chi connectivity index (χ0n) is 15.3. The van der Waals surface area contributed by atoms with E-state index in [1.165, 1.54) is 22.3 Å². The Bertz CT molecular complexity index is 789. The van der Waals surface area contributed by atoms with Gasteiger partial charge in [0.1, 0.15) is 19.6 Å². The molecule has 0 spiro atoms.